The molecule has 1 atom stereocenters. The Kier molecular flexibility index (Phi) is 4.95. The lowest BCUT2D eigenvalue weighted by Gasteiger charge is -2.08. The van der Waals surface area contributed by atoms with Crippen molar-refractivity contribution in [3.8, 4) is 11.3 Å². The van der Waals surface area contributed by atoms with E-state index >= 15 is 0 Å². The fourth-order valence-corrected chi connectivity index (χ4v) is 3.37. The summed E-state index contributed by atoms with van der Waals surface area (Å²) in [6.07, 6.45) is 3.20. The zero-order valence-corrected chi connectivity index (χ0v) is 14.1. The van der Waals surface area contributed by atoms with Crippen LogP contribution in [0.3, 0.4) is 0 Å². The summed E-state index contributed by atoms with van der Waals surface area (Å²) in [5.41, 5.74) is 4.54. The van der Waals surface area contributed by atoms with Crippen molar-refractivity contribution in [3.05, 3.63) is 63.4 Å². The molecule has 0 unspecified atom stereocenters. The molecule has 1 N–H and O–H groups in total. The van der Waals surface area contributed by atoms with Gasteiger partial charge in [-0.2, -0.15) is 0 Å². The molecule has 0 saturated carbocycles. The molecule has 3 aromatic rings. The number of nitrogens with one attached hydrogen (secondary N) is 1. The number of rotatable bonds is 5. The van der Waals surface area contributed by atoms with E-state index in [2.05, 4.69) is 15.3 Å². The number of aromatic nitrogens is 2. The van der Waals surface area contributed by atoms with Gasteiger partial charge in [0.25, 0.3) is 0 Å². The largest absolute Gasteiger partial charge is 0.344 e. The topological polar surface area (TPSA) is 54.9 Å². The number of thiazole rings is 2. The minimum absolute atomic E-state index is 0.134. The minimum Gasteiger partial charge on any atom is -0.344 e. The van der Waals surface area contributed by atoms with Gasteiger partial charge < -0.3 is 5.32 Å². The highest BCUT2D eigenvalue weighted by atomic mass is 32.1. The lowest BCUT2D eigenvalue weighted by atomic mass is 10.2. The Balaban J connectivity index is 1.63. The monoisotopic (exact) mass is 341 g/mol. The molecule has 0 fully saturated rings. The fourth-order valence-electron chi connectivity index (χ4n) is 2.02. The summed E-state index contributed by atoms with van der Waals surface area (Å²) in [6.45, 7) is 1.93. The van der Waals surface area contributed by atoms with Gasteiger partial charge in [-0.05, 0) is 13.0 Å². The van der Waals surface area contributed by atoms with Crippen LogP contribution in [0, 0.1) is 0 Å². The highest BCUT2D eigenvalue weighted by Crippen LogP contribution is 2.25. The van der Waals surface area contributed by atoms with Gasteiger partial charge in [-0.1, -0.05) is 30.3 Å². The molecule has 0 saturated heterocycles. The molecule has 2 aromatic heterocycles. The fraction of sp³-hybridized carbons (Fsp3) is 0.118. The van der Waals surface area contributed by atoms with Crippen LogP contribution >= 0.6 is 22.7 Å². The van der Waals surface area contributed by atoms with Crippen LogP contribution in [0.4, 0.5) is 0 Å². The van der Waals surface area contributed by atoms with E-state index in [1.54, 1.807) is 22.9 Å². The van der Waals surface area contributed by atoms with Crippen LogP contribution < -0.4 is 5.32 Å². The van der Waals surface area contributed by atoms with Crippen molar-refractivity contribution in [2.75, 3.05) is 0 Å². The van der Waals surface area contributed by atoms with Crippen LogP contribution in [-0.2, 0) is 4.79 Å². The first-order valence-corrected chi connectivity index (χ1v) is 8.92. The molecule has 23 heavy (non-hydrogen) atoms. The lowest BCUT2D eigenvalue weighted by Crippen LogP contribution is -2.24. The number of carbonyl (C=O) groups excluding carboxylic acids is 1. The maximum Gasteiger partial charge on any atom is 0.244 e. The van der Waals surface area contributed by atoms with Gasteiger partial charge in [0.15, 0.2) is 0 Å². The average molecular weight is 341 g/mol. The number of hydrogen-bond donors (Lipinski definition) is 1. The zero-order valence-electron chi connectivity index (χ0n) is 12.5. The molecule has 6 heteroatoms. The van der Waals surface area contributed by atoms with Gasteiger partial charge in [0.2, 0.25) is 5.91 Å². The van der Waals surface area contributed by atoms with Crippen molar-refractivity contribution in [2.24, 2.45) is 0 Å². The van der Waals surface area contributed by atoms with Crippen LogP contribution in [0.25, 0.3) is 17.3 Å². The Morgan fingerprint density at radius 1 is 1.26 bits per heavy atom. The molecule has 1 aromatic carbocycles. The van der Waals surface area contributed by atoms with Crippen molar-refractivity contribution >= 4 is 34.7 Å². The number of amides is 1. The van der Waals surface area contributed by atoms with Gasteiger partial charge in [0.05, 0.1) is 22.9 Å². The van der Waals surface area contributed by atoms with E-state index in [0.717, 1.165) is 22.0 Å². The van der Waals surface area contributed by atoms with Crippen LogP contribution in [0.15, 0.2) is 52.7 Å². The Bertz CT molecular complexity index is 794. The third-order valence-electron chi connectivity index (χ3n) is 3.18. The molecule has 4 nitrogen and oxygen atoms in total. The van der Waals surface area contributed by atoms with E-state index in [9.17, 15) is 4.79 Å². The maximum absolute atomic E-state index is 12.0. The van der Waals surface area contributed by atoms with E-state index in [-0.39, 0.29) is 11.9 Å². The molecule has 2 heterocycles. The van der Waals surface area contributed by atoms with Gasteiger partial charge in [-0.3, -0.25) is 4.79 Å². The quantitative estimate of drug-likeness (QED) is 0.709. The van der Waals surface area contributed by atoms with E-state index in [0.29, 0.717) is 0 Å². The van der Waals surface area contributed by atoms with Gasteiger partial charge in [-0.25, -0.2) is 9.97 Å². The van der Waals surface area contributed by atoms with E-state index < -0.39 is 0 Å². The molecule has 0 bridgehead atoms. The molecule has 0 aliphatic carbocycles. The molecule has 0 aliphatic rings. The van der Waals surface area contributed by atoms with Crippen LogP contribution in [-0.4, -0.2) is 15.9 Å². The number of carbonyl (C=O) groups is 1. The minimum atomic E-state index is -0.151. The summed E-state index contributed by atoms with van der Waals surface area (Å²) < 4.78 is 0. The molecule has 0 spiro atoms. The van der Waals surface area contributed by atoms with Crippen LogP contribution in [0.5, 0.6) is 0 Å². The van der Waals surface area contributed by atoms with Gasteiger partial charge in [-0.15, -0.1) is 22.7 Å². The Hall–Kier alpha value is -2.31. The predicted molar refractivity (Wildman–Crippen MR) is 95.3 cm³/mol. The summed E-state index contributed by atoms with van der Waals surface area (Å²) in [4.78, 5) is 20.7. The first-order valence-electron chi connectivity index (χ1n) is 7.10. The second kappa shape index (κ2) is 7.30. The maximum atomic E-state index is 12.0. The number of hydrogen-bond acceptors (Lipinski definition) is 5. The predicted octanol–water partition coefficient (Wildman–Crippen LogP) is 4.16. The number of nitrogens with zero attached hydrogens (tertiary/aromatic N) is 2. The summed E-state index contributed by atoms with van der Waals surface area (Å²) in [6, 6.07) is 9.88. The molecule has 0 radical (unpaired) electrons. The SMILES string of the molecule is C[C@@H](NC(=O)/C=C\c1cscn1)c1nc(-c2ccccc2)cs1. The molecular formula is C17H15N3OS2. The average Bonchev–Trinajstić information content (AvgIpc) is 3.25. The molecule has 116 valence electrons. The Morgan fingerprint density at radius 3 is 2.83 bits per heavy atom. The van der Waals surface area contributed by atoms with Gasteiger partial charge >= 0.3 is 0 Å². The zero-order chi connectivity index (χ0) is 16.1. The van der Waals surface area contributed by atoms with E-state index in [1.165, 1.54) is 17.4 Å². The van der Waals surface area contributed by atoms with Crippen LogP contribution in [0.1, 0.15) is 23.7 Å². The third-order valence-corrected chi connectivity index (χ3v) is 4.81. The van der Waals surface area contributed by atoms with Crippen molar-refractivity contribution in [2.45, 2.75) is 13.0 Å². The number of benzene rings is 1. The van der Waals surface area contributed by atoms with Crippen molar-refractivity contribution < 1.29 is 4.79 Å². The summed E-state index contributed by atoms with van der Waals surface area (Å²) in [7, 11) is 0. The second-order valence-corrected chi connectivity index (χ2v) is 6.52. The normalized spacial score (nSPS) is 12.4. The Labute approximate surface area is 142 Å². The Morgan fingerprint density at radius 2 is 2.09 bits per heavy atom. The summed E-state index contributed by atoms with van der Waals surface area (Å²) >= 11 is 3.05. The highest BCUT2D eigenvalue weighted by Gasteiger charge is 2.12. The third kappa shape index (κ3) is 4.12. The van der Waals surface area contributed by atoms with Gasteiger partial charge in [0.1, 0.15) is 5.01 Å². The van der Waals surface area contributed by atoms with Crippen molar-refractivity contribution in [3.63, 3.8) is 0 Å². The van der Waals surface area contributed by atoms with Crippen molar-refractivity contribution in [1.82, 2.24) is 15.3 Å². The first-order chi connectivity index (χ1) is 11.2. The first kappa shape index (κ1) is 15.6. The van der Waals surface area contributed by atoms with E-state index in [4.69, 9.17) is 0 Å². The summed E-state index contributed by atoms with van der Waals surface area (Å²) in [5, 5.41) is 7.71. The van der Waals surface area contributed by atoms with Crippen LogP contribution in [0.2, 0.25) is 0 Å². The van der Waals surface area contributed by atoms with Crippen molar-refractivity contribution in [1.29, 1.82) is 0 Å². The molecule has 1 amide bonds. The second-order valence-electron chi connectivity index (χ2n) is 4.91. The van der Waals surface area contributed by atoms with E-state index in [1.807, 2.05) is 48.0 Å². The molecule has 3 rings (SSSR count). The molecular weight excluding hydrogens is 326 g/mol. The highest BCUT2D eigenvalue weighted by molar-refractivity contribution is 7.10. The summed E-state index contributed by atoms with van der Waals surface area (Å²) in [5.74, 6) is -0.151. The standard InChI is InChI=1S/C17H15N3OS2/c1-12(19-16(21)8-7-14-9-22-11-18-14)17-20-15(10-23-17)13-5-3-2-4-6-13/h2-12H,1H3,(H,19,21)/b8-7-/t12-/m1/s1. The smallest absolute Gasteiger partial charge is 0.244 e. The lowest BCUT2D eigenvalue weighted by molar-refractivity contribution is -0.117. The molecule has 0 aliphatic heterocycles. The van der Waals surface area contributed by atoms with Gasteiger partial charge in [0, 0.05) is 22.4 Å².